The van der Waals surface area contributed by atoms with Gasteiger partial charge in [-0.05, 0) is 50.0 Å². The Bertz CT molecular complexity index is 840. The van der Waals surface area contributed by atoms with Crippen LogP contribution >= 0.6 is 0 Å². The molecule has 5 heteroatoms. The fourth-order valence-corrected chi connectivity index (χ4v) is 3.32. The van der Waals surface area contributed by atoms with E-state index in [0.29, 0.717) is 29.1 Å². The highest BCUT2D eigenvalue weighted by molar-refractivity contribution is 5.67. The lowest BCUT2D eigenvalue weighted by Crippen LogP contribution is -2.50. The zero-order chi connectivity index (χ0) is 16.0. The van der Waals surface area contributed by atoms with E-state index in [0.717, 1.165) is 18.4 Å². The van der Waals surface area contributed by atoms with E-state index in [9.17, 15) is 9.90 Å². The van der Waals surface area contributed by atoms with Crippen molar-refractivity contribution in [3.8, 4) is 17.1 Å². The van der Waals surface area contributed by atoms with Crippen molar-refractivity contribution in [3.63, 3.8) is 0 Å². The van der Waals surface area contributed by atoms with Gasteiger partial charge in [-0.25, -0.2) is 4.79 Å². The smallest absolute Gasteiger partial charge is 0.347 e. The molecule has 0 amide bonds. The Kier molecular flexibility index (Phi) is 3.13. The molecule has 2 aliphatic rings. The van der Waals surface area contributed by atoms with Crippen LogP contribution in [-0.4, -0.2) is 21.8 Å². The van der Waals surface area contributed by atoms with E-state index in [1.165, 1.54) is 0 Å². The summed E-state index contributed by atoms with van der Waals surface area (Å²) in [7, 11) is 0. The second-order valence-corrected chi connectivity index (χ2v) is 6.20. The van der Waals surface area contributed by atoms with Crippen molar-refractivity contribution in [1.82, 2.24) is 4.98 Å². The summed E-state index contributed by atoms with van der Waals surface area (Å²) in [6.45, 7) is 1.88. The van der Waals surface area contributed by atoms with E-state index >= 15 is 0 Å². The molecule has 3 heterocycles. The summed E-state index contributed by atoms with van der Waals surface area (Å²) in [5.74, 6) is 0.861. The van der Waals surface area contributed by atoms with E-state index < -0.39 is 17.3 Å². The minimum Gasteiger partial charge on any atom is -0.479 e. The number of fused-ring (bicyclic) bond motifs is 2. The summed E-state index contributed by atoms with van der Waals surface area (Å²) in [5, 5.41) is 10.4. The first kappa shape index (κ1) is 14.2. The van der Waals surface area contributed by atoms with Gasteiger partial charge in [-0.15, -0.1) is 0 Å². The van der Waals surface area contributed by atoms with Gasteiger partial charge in [0.15, 0.2) is 5.60 Å². The Hall–Kier alpha value is -2.40. The molecule has 1 aliphatic carbocycles. The van der Waals surface area contributed by atoms with Crippen LogP contribution in [0.1, 0.15) is 31.7 Å². The monoisotopic (exact) mass is 311 g/mol. The number of rotatable bonds is 1. The van der Waals surface area contributed by atoms with Crippen molar-refractivity contribution in [2.75, 3.05) is 0 Å². The second-order valence-electron chi connectivity index (χ2n) is 6.20. The summed E-state index contributed by atoms with van der Waals surface area (Å²) in [5.41, 5.74) is 0.867. The normalized spacial score (nSPS) is 25.8. The van der Waals surface area contributed by atoms with Crippen LogP contribution in [-0.2, 0) is 0 Å². The molecule has 2 aromatic heterocycles. The third-order valence-corrected chi connectivity index (χ3v) is 4.73. The summed E-state index contributed by atoms with van der Waals surface area (Å²) >= 11 is 0. The number of aliphatic hydroxyl groups is 1. The quantitative estimate of drug-likeness (QED) is 0.876. The average Bonchev–Trinajstić information content (AvgIpc) is 2.55. The molecule has 0 saturated heterocycles. The van der Waals surface area contributed by atoms with Gasteiger partial charge in [0.05, 0.1) is 6.10 Å². The SMILES string of the molecule is C[C@@]12Oc3cc(-c4cccnc4)oc(=O)c3C=C1CCC[C@@H]2O. The van der Waals surface area contributed by atoms with Crippen LogP contribution in [0.3, 0.4) is 0 Å². The number of hydrogen-bond donors (Lipinski definition) is 1. The molecule has 0 unspecified atom stereocenters. The van der Waals surface area contributed by atoms with Gasteiger partial charge in [-0.3, -0.25) is 4.98 Å². The Balaban J connectivity index is 1.86. The summed E-state index contributed by atoms with van der Waals surface area (Å²) in [6, 6.07) is 5.30. The molecular formula is C18H17NO4. The standard InChI is InChI=1S/C18H17NO4/c1-18-12(5-2-6-16(18)20)8-13-15(23-18)9-14(22-17(13)21)11-4-3-7-19-10-11/h3-4,7-10,16,20H,2,5-6H2,1H3/t16-,18+/m0/s1. The first-order chi connectivity index (χ1) is 11.1. The maximum absolute atomic E-state index is 12.3. The molecule has 0 spiro atoms. The van der Waals surface area contributed by atoms with Crippen LogP contribution in [0.5, 0.6) is 5.75 Å². The Labute approximate surface area is 133 Å². The Morgan fingerprint density at radius 1 is 1.43 bits per heavy atom. The van der Waals surface area contributed by atoms with Crippen molar-refractivity contribution < 1.29 is 14.3 Å². The maximum atomic E-state index is 12.3. The van der Waals surface area contributed by atoms with E-state index in [-0.39, 0.29) is 0 Å². The fraction of sp³-hybridized carbons (Fsp3) is 0.333. The first-order valence-corrected chi connectivity index (χ1v) is 7.74. The molecule has 0 radical (unpaired) electrons. The van der Waals surface area contributed by atoms with E-state index in [4.69, 9.17) is 9.15 Å². The van der Waals surface area contributed by atoms with Gasteiger partial charge in [0.2, 0.25) is 0 Å². The van der Waals surface area contributed by atoms with Gasteiger partial charge in [-0.1, -0.05) is 0 Å². The molecule has 1 N–H and O–H groups in total. The fourth-order valence-electron chi connectivity index (χ4n) is 3.32. The number of pyridine rings is 1. The maximum Gasteiger partial charge on any atom is 0.347 e. The topological polar surface area (TPSA) is 72.6 Å². The molecule has 118 valence electrons. The highest BCUT2D eigenvalue weighted by Gasteiger charge is 2.44. The highest BCUT2D eigenvalue weighted by Crippen LogP contribution is 2.43. The Morgan fingerprint density at radius 3 is 3.09 bits per heavy atom. The zero-order valence-corrected chi connectivity index (χ0v) is 12.8. The summed E-state index contributed by atoms with van der Waals surface area (Å²) < 4.78 is 11.5. The second kappa shape index (κ2) is 5.06. The van der Waals surface area contributed by atoms with Gasteiger partial charge < -0.3 is 14.3 Å². The molecule has 1 aliphatic heterocycles. The van der Waals surface area contributed by atoms with Crippen molar-refractivity contribution in [2.24, 2.45) is 0 Å². The molecule has 2 aromatic rings. The number of ether oxygens (including phenoxy) is 1. The molecule has 0 bridgehead atoms. The summed E-state index contributed by atoms with van der Waals surface area (Å²) in [6.07, 6.45) is 6.93. The molecule has 4 rings (SSSR count). The minimum absolute atomic E-state index is 0.410. The predicted octanol–water partition coefficient (Wildman–Crippen LogP) is 2.78. The van der Waals surface area contributed by atoms with Gasteiger partial charge in [0.25, 0.3) is 0 Å². The van der Waals surface area contributed by atoms with Gasteiger partial charge in [-0.2, -0.15) is 0 Å². The number of nitrogens with zero attached hydrogens (tertiary/aromatic N) is 1. The third kappa shape index (κ3) is 2.19. The molecule has 23 heavy (non-hydrogen) atoms. The first-order valence-electron chi connectivity index (χ1n) is 7.74. The van der Waals surface area contributed by atoms with E-state index in [1.807, 2.05) is 19.1 Å². The zero-order valence-electron chi connectivity index (χ0n) is 12.8. The largest absolute Gasteiger partial charge is 0.479 e. The lowest BCUT2D eigenvalue weighted by atomic mass is 9.77. The van der Waals surface area contributed by atoms with Crippen molar-refractivity contribution >= 4 is 6.08 Å². The van der Waals surface area contributed by atoms with Gasteiger partial charge in [0.1, 0.15) is 17.1 Å². The predicted molar refractivity (Wildman–Crippen MR) is 85.1 cm³/mol. The Morgan fingerprint density at radius 2 is 2.30 bits per heavy atom. The number of aromatic nitrogens is 1. The van der Waals surface area contributed by atoms with Gasteiger partial charge in [0, 0.05) is 24.0 Å². The summed E-state index contributed by atoms with van der Waals surface area (Å²) in [4.78, 5) is 16.4. The number of hydrogen-bond acceptors (Lipinski definition) is 5. The molecule has 5 nitrogen and oxygen atoms in total. The van der Waals surface area contributed by atoms with Gasteiger partial charge >= 0.3 is 5.63 Å². The van der Waals surface area contributed by atoms with E-state index in [2.05, 4.69) is 4.98 Å². The third-order valence-electron chi connectivity index (χ3n) is 4.73. The van der Waals surface area contributed by atoms with E-state index in [1.54, 1.807) is 24.5 Å². The molecule has 2 atom stereocenters. The minimum atomic E-state index is -0.773. The molecule has 1 saturated carbocycles. The van der Waals surface area contributed by atoms with Crippen molar-refractivity contribution in [1.29, 1.82) is 0 Å². The van der Waals surface area contributed by atoms with Crippen LogP contribution in [0.2, 0.25) is 0 Å². The van der Waals surface area contributed by atoms with Crippen molar-refractivity contribution in [2.45, 2.75) is 37.9 Å². The van der Waals surface area contributed by atoms with Crippen LogP contribution in [0.4, 0.5) is 0 Å². The average molecular weight is 311 g/mol. The van der Waals surface area contributed by atoms with Crippen molar-refractivity contribution in [3.05, 3.63) is 52.1 Å². The number of aliphatic hydroxyl groups excluding tert-OH is 1. The lowest BCUT2D eigenvalue weighted by Gasteiger charge is -2.43. The van der Waals surface area contributed by atoms with Crippen LogP contribution in [0.25, 0.3) is 17.4 Å². The highest BCUT2D eigenvalue weighted by atomic mass is 16.5. The molecular weight excluding hydrogens is 294 g/mol. The lowest BCUT2D eigenvalue weighted by molar-refractivity contribution is -0.0356. The molecule has 0 aromatic carbocycles. The van der Waals surface area contributed by atoms with Crippen LogP contribution in [0, 0.1) is 0 Å². The molecule has 1 fully saturated rings. The van der Waals surface area contributed by atoms with Crippen LogP contribution in [0.15, 0.2) is 45.4 Å². The van der Waals surface area contributed by atoms with Crippen LogP contribution < -0.4 is 10.4 Å².